The van der Waals surface area contributed by atoms with Gasteiger partial charge in [0.2, 0.25) is 29.5 Å². The van der Waals surface area contributed by atoms with E-state index in [0.29, 0.717) is 12.0 Å². The van der Waals surface area contributed by atoms with Crippen LogP contribution in [0.4, 0.5) is 0 Å². The highest BCUT2D eigenvalue weighted by Gasteiger charge is 2.32. The number of phenolic OH excluding ortho intramolecular Hbond substituents is 1. The predicted octanol–water partition coefficient (Wildman–Crippen LogP) is -1.49. The number of fused-ring (bicyclic) bond motifs is 1. The molecule has 1 heterocycles. The number of nitrogens with two attached hydrogens (primary N) is 4. The van der Waals surface area contributed by atoms with Crippen molar-refractivity contribution in [2.45, 2.75) is 62.7 Å². The van der Waals surface area contributed by atoms with E-state index in [2.05, 4.69) is 36.6 Å². The Balaban J connectivity index is 1.69. The molecule has 0 unspecified atom stereocenters. The van der Waals surface area contributed by atoms with Crippen LogP contribution in [0.5, 0.6) is 5.75 Å². The van der Waals surface area contributed by atoms with E-state index in [1.165, 1.54) is 12.1 Å². The van der Waals surface area contributed by atoms with Gasteiger partial charge in [0.25, 0.3) is 0 Å². The Kier molecular flexibility index (Phi) is 14.3. The number of hydrogen-bond acceptors (Lipinski definition) is 8. The van der Waals surface area contributed by atoms with Crippen molar-refractivity contribution in [3.8, 4) is 5.75 Å². The number of rotatable bonds is 12. The number of phenols is 1. The summed E-state index contributed by atoms with van der Waals surface area (Å²) in [6.45, 7) is -0.182. The monoisotopic (exact) mass is 729 g/mol. The van der Waals surface area contributed by atoms with E-state index in [9.17, 15) is 29.1 Å². The van der Waals surface area contributed by atoms with Gasteiger partial charge in [-0.15, -0.1) is 0 Å². The van der Waals surface area contributed by atoms with Crippen LogP contribution < -0.4 is 49.5 Å². The number of benzene rings is 3. The van der Waals surface area contributed by atoms with Crippen LogP contribution in [-0.2, 0) is 36.8 Å². The number of aliphatic imine (C=N–C) groups is 2. The van der Waals surface area contributed by atoms with Gasteiger partial charge >= 0.3 is 0 Å². The number of carbonyl (C=O) groups is 5. The highest BCUT2D eigenvalue weighted by atomic mass is 16.3. The molecule has 1 fully saturated rings. The van der Waals surface area contributed by atoms with Gasteiger partial charge in [-0.25, -0.2) is 0 Å². The first-order valence-corrected chi connectivity index (χ1v) is 17.2. The SMILES string of the molecule is NC(N)=NCCC[C@H]1NC(=O)[C@H](Cc2ccc3ccccc3c2)NC(=O)[C@@H](CCCN=C(N)N)NC(=O)[C@@H](Cc2ccc(O)cc2)NC(=O)CNC1=O. The minimum Gasteiger partial charge on any atom is -0.508 e. The zero-order valence-electron chi connectivity index (χ0n) is 29.2. The number of aromatic hydroxyl groups is 1. The third kappa shape index (κ3) is 12.7. The highest BCUT2D eigenvalue weighted by Crippen LogP contribution is 2.18. The van der Waals surface area contributed by atoms with Gasteiger partial charge in [0.15, 0.2) is 11.9 Å². The first-order valence-electron chi connectivity index (χ1n) is 17.2. The second kappa shape index (κ2) is 19.3. The Labute approximate surface area is 306 Å². The van der Waals surface area contributed by atoms with Crippen LogP contribution in [-0.4, -0.2) is 90.4 Å². The molecule has 53 heavy (non-hydrogen) atoms. The van der Waals surface area contributed by atoms with Crippen LogP contribution in [0.15, 0.2) is 76.7 Å². The Morgan fingerprint density at radius 2 is 1.09 bits per heavy atom. The summed E-state index contributed by atoms with van der Waals surface area (Å²) in [5, 5.41) is 25.1. The molecular weight excluding hydrogens is 682 g/mol. The molecule has 1 aliphatic rings. The van der Waals surface area contributed by atoms with Crippen molar-refractivity contribution < 1.29 is 29.1 Å². The molecule has 5 amide bonds. The van der Waals surface area contributed by atoms with Gasteiger partial charge in [0.1, 0.15) is 29.9 Å². The minimum absolute atomic E-state index is 0.00775. The molecule has 17 heteroatoms. The fourth-order valence-electron chi connectivity index (χ4n) is 5.79. The summed E-state index contributed by atoms with van der Waals surface area (Å²) >= 11 is 0. The number of nitrogens with zero attached hydrogens (tertiary/aromatic N) is 2. The smallest absolute Gasteiger partial charge is 0.243 e. The minimum atomic E-state index is -1.19. The van der Waals surface area contributed by atoms with Crippen molar-refractivity contribution in [1.29, 1.82) is 0 Å². The number of amides is 5. The normalized spacial score (nSPS) is 20.0. The van der Waals surface area contributed by atoms with Crippen molar-refractivity contribution in [3.63, 3.8) is 0 Å². The Hall–Kier alpha value is -6.39. The van der Waals surface area contributed by atoms with Crippen LogP contribution >= 0.6 is 0 Å². The lowest BCUT2D eigenvalue weighted by molar-refractivity contribution is -0.134. The molecular formula is C36H47N11O6. The van der Waals surface area contributed by atoms with E-state index in [-0.39, 0.29) is 62.9 Å². The van der Waals surface area contributed by atoms with E-state index >= 15 is 0 Å². The van der Waals surface area contributed by atoms with Crippen molar-refractivity contribution >= 4 is 52.2 Å². The van der Waals surface area contributed by atoms with Gasteiger partial charge in [0, 0.05) is 25.9 Å². The van der Waals surface area contributed by atoms with E-state index in [1.54, 1.807) is 12.1 Å². The highest BCUT2D eigenvalue weighted by molar-refractivity contribution is 5.97. The summed E-state index contributed by atoms with van der Waals surface area (Å²) < 4.78 is 0. The summed E-state index contributed by atoms with van der Waals surface area (Å²) in [5.41, 5.74) is 23.2. The lowest BCUT2D eigenvalue weighted by atomic mass is 9.99. The first-order chi connectivity index (χ1) is 25.4. The van der Waals surface area contributed by atoms with Gasteiger partial charge < -0.3 is 54.6 Å². The summed E-state index contributed by atoms with van der Waals surface area (Å²) in [4.78, 5) is 76.4. The number of carbonyl (C=O) groups excluding carboxylic acids is 5. The van der Waals surface area contributed by atoms with Gasteiger partial charge in [-0.2, -0.15) is 0 Å². The molecule has 0 bridgehead atoms. The van der Waals surface area contributed by atoms with E-state index in [0.717, 1.165) is 16.3 Å². The molecule has 17 nitrogen and oxygen atoms in total. The Morgan fingerprint density at radius 3 is 1.70 bits per heavy atom. The zero-order valence-corrected chi connectivity index (χ0v) is 29.2. The maximum absolute atomic E-state index is 14.0. The molecule has 0 spiro atoms. The second-order valence-corrected chi connectivity index (χ2v) is 12.7. The van der Waals surface area contributed by atoms with Crippen LogP contribution in [0, 0.1) is 0 Å². The largest absolute Gasteiger partial charge is 0.508 e. The molecule has 14 N–H and O–H groups in total. The van der Waals surface area contributed by atoms with Gasteiger partial charge in [-0.1, -0.05) is 54.6 Å². The fourth-order valence-corrected chi connectivity index (χ4v) is 5.79. The van der Waals surface area contributed by atoms with Crippen molar-refractivity contribution in [2.24, 2.45) is 32.9 Å². The molecule has 0 aliphatic carbocycles. The van der Waals surface area contributed by atoms with Gasteiger partial charge in [-0.05, 0) is 59.7 Å². The molecule has 0 radical (unpaired) electrons. The average molecular weight is 730 g/mol. The quantitative estimate of drug-likeness (QED) is 0.0585. The van der Waals surface area contributed by atoms with Crippen molar-refractivity contribution in [1.82, 2.24) is 26.6 Å². The summed E-state index contributed by atoms with van der Waals surface area (Å²) in [6, 6.07) is 14.7. The Bertz CT molecular complexity index is 1820. The summed E-state index contributed by atoms with van der Waals surface area (Å²) in [6.07, 6.45) is 0.795. The number of hydrogen-bond donors (Lipinski definition) is 10. The molecule has 0 aromatic heterocycles. The number of guanidine groups is 2. The molecule has 3 aromatic carbocycles. The summed E-state index contributed by atoms with van der Waals surface area (Å²) in [5.74, 6) is -3.65. The Morgan fingerprint density at radius 1 is 0.604 bits per heavy atom. The van der Waals surface area contributed by atoms with Crippen LogP contribution in [0.1, 0.15) is 36.8 Å². The molecule has 4 rings (SSSR count). The van der Waals surface area contributed by atoms with Crippen molar-refractivity contribution in [3.05, 3.63) is 77.9 Å². The third-order valence-corrected chi connectivity index (χ3v) is 8.49. The average Bonchev–Trinajstić information content (AvgIpc) is 3.12. The van der Waals surface area contributed by atoms with Crippen LogP contribution in [0.2, 0.25) is 0 Å². The lowest BCUT2D eigenvalue weighted by Crippen LogP contribution is -2.58. The first kappa shape index (κ1) is 39.4. The molecule has 3 aromatic rings. The van der Waals surface area contributed by atoms with E-state index < -0.39 is 60.2 Å². The van der Waals surface area contributed by atoms with E-state index in [4.69, 9.17) is 22.9 Å². The topological polar surface area (TPSA) is 295 Å². The molecule has 0 saturated carbocycles. The maximum Gasteiger partial charge on any atom is 0.243 e. The summed E-state index contributed by atoms with van der Waals surface area (Å²) in [7, 11) is 0. The standard InChI is InChI=1S/C36H47N11O6/c37-35(38)41-15-3-7-26-31(50)43-20-30(49)44-28(18-21-10-13-25(48)14-11-21)33(52)46-27(8-4-16-42-36(39)40)32(51)47-29(34(53)45-26)19-22-9-12-23-5-1-2-6-24(23)17-22/h1-2,5-6,9-14,17,26-29,48H,3-4,7-8,15-16,18-20H2,(H,43,50)(H,44,49)(H,45,53)(H,46,52)(H,47,51)(H4,37,38,41)(H4,39,40,42)/t26-,27-,28-,29+/m1/s1. The number of nitrogens with one attached hydrogen (secondary N) is 5. The molecule has 4 atom stereocenters. The maximum atomic E-state index is 14.0. The van der Waals surface area contributed by atoms with Gasteiger partial charge in [0.05, 0.1) is 6.54 Å². The van der Waals surface area contributed by atoms with Crippen LogP contribution in [0.3, 0.4) is 0 Å². The third-order valence-electron chi connectivity index (χ3n) is 8.49. The molecule has 282 valence electrons. The molecule has 1 aliphatic heterocycles. The van der Waals surface area contributed by atoms with Crippen LogP contribution in [0.25, 0.3) is 10.8 Å². The van der Waals surface area contributed by atoms with Gasteiger partial charge in [-0.3, -0.25) is 34.0 Å². The molecule has 1 saturated heterocycles. The fraction of sp³-hybridized carbons (Fsp3) is 0.361. The van der Waals surface area contributed by atoms with E-state index in [1.807, 2.05) is 42.5 Å². The second-order valence-electron chi connectivity index (χ2n) is 12.7. The van der Waals surface area contributed by atoms with Crippen molar-refractivity contribution in [2.75, 3.05) is 19.6 Å². The lowest BCUT2D eigenvalue weighted by Gasteiger charge is -2.26. The predicted molar refractivity (Wildman–Crippen MR) is 200 cm³/mol. The zero-order chi connectivity index (χ0) is 38.3.